The smallest absolute Gasteiger partial charge is 0.222 e. The van der Waals surface area contributed by atoms with E-state index < -0.39 is 0 Å². The third-order valence-corrected chi connectivity index (χ3v) is 5.12. The van der Waals surface area contributed by atoms with Gasteiger partial charge in [0.15, 0.2) is 0 Å². The summed E-state index contributed by atoms with van der Waals surface area (Å²) in [7, 11) is 2.21. The van der Waals surface area contributed by atoms with Crippen molar-refractivity contribution in [2.45, 2.75) is 26.7 Å². The van der Waals surface area contributed by atoms with E-state index >= 15 is 0 Å². The van der Waals surface area contributed by atoms with Crippen LogP contribution in [0.4, 0.5) is 0 Å². The van der Waals surface area contributed by atoms with Gasteiger partial charge in [-0.2, -0.15) is 0 Å². The van der Waals surface area contributed by atoms with Crippen molar-refractivity contribution in [3.8, 4) is 0 Å². The van der Waals surface area contributed by atoms with Crippen LogP contribution < -0.4 is 5.32 Å². The highest BCUT2D eigenvalue weighted by molar-refractivity contribution is 5.77. The molecule has 2 rings (SSSR count). The molecule has 0 unspecified atom stereocenters. The summed E-state index contributed by atoms with van der Waals surface area (Å²) in [5.74, 6) is 0.962. The first-order chi connectivity index (χ1) is 10.5. The summed E-state index contributed by atoms with van der Waals surface area (Å²) in [5.41, 5.74) is 0. The standard InChI is InChI=1S/C17H34N4O/c1-15(2)17(22)18-14-16-4-6-20(7-5-16)12-13-21-10-8-19(3)9-11-21/h15-16H,4-14H2,1-3H3,(H,18,22). The number of carbonyl (C=O) groups excluding carboxylic acids is 1. The normalized spacial score (nSPS) is 23.1. The molecule has 1 N–H and O–H groups in total. The summed E-state index contributed by atoms with van der Waals surface area (Å²) in [6.07, 6.45) is 2.45. The van der Waals surface area contributed by atoms with Gasteiger partial charge in [0.2, 0.25) is 5.91 Å². The Hall–Kier alpha value is -0.650. The molecule has 2 aliphatic heterocycles. The molecule has 5 nitrogen and oxygen atoms in total. The molecular weight excluding hydrogens is 276 g/mol. The molecule has 0 bridgehead atoms. The third kappa shape index (κ3) is 5.86. The molecule has 0 saturated carbocycles. The second-order valence-corrected chi connectivity index (χ2v) is 7.33. The van der Waals surface area contributed by atoms with E-state index in [0.717, 1.165) is 6.54 Å². The van der Waals surface area contributed by atoms with Crippen molar-refractivity contribution in [3.63, 3.8) is 0 Å². The van der Waals surface area contributed by atoms with E-state index in [0.29, 0.717) is 5.92 Å². The van der Waals surface area contributed by atoms with E-state index in [2.05, 4.69) is 27.1 Å². The lowest BCUT2D eigenvalue weighted by molar-refractivity contribution is -0.124. The quantitative estimate of drug-likeness (QED) is 0.785. The van der Waals surface area contributed by atoms with Crippen LogP contribution in [0.2, 0.25) is 0 Å². The molecule has 5 heteroatoms. The zero-order valence-electron chi connectivity index (χ0n) is 14.7. The highest BCUT2D eigenvalue weighted by atomic mass is 16.1. The fourth-order valence-electron chi connectivity index (χ4n) is 3.22. The first-order valence-corrected chi connectivity index (χ1v) is 8.95. The monoisotopic (exact) mass is 310 g/mol. The first-order valence-electron chi connectivity index (χ1n) is 8.95. The van der Waals surface area contributed by atoms with Gasteiger partial charge in [-0.05, 0) is 38.9 Å². The number of nitrogens with one attached hydrogen (secondary N) is 1. The van der Waals surface area contributed by atoms with Gasteiger partial charge in [-0.25, -0.2) is 0 Å². The molecule has 0 atom stereocenters. The van der Waals surface area contributed by atoms with Crippen LogP contribution in [0.3, 0.4) is 0 Å². The maximum absolute atomic E-state index is 11.6. The first kappa shape index (κ1) is 17.7. The predicted octanol–water partition coefficient (Wildman–Crippen LogP) is 0.718. The van der Waals surface area contributed by atoms with Gasteiger partial charge in [0.25, 0.3) is 0 Å². The Bertz CT molecular complexity index is 332. The van der Waals surface area contributed by atoms with E-state index in [1.807, 2.05) is 13.8 Å². The minimum absolute atomic E-state index is 0.101. The summed E-state index contributed by atoms with van der Waals surface area (Å²) < 4.78 is 0. The minimum Gasteiger partial charge on any atom is -0.356 e. The van der Waals surface area contributed by atoms with Crippen molar-refractivity contribution in [2.24, 2.45) is 11.8 Å². The fraction of sp³-hybridized carbons (Fsp3) is 0.941. The summed E-state index contributed by atoms with van der Waals surface area (Å²) in [6, 6.07) is 0. The topological polar surface area (TPSA) is 38.8 Å². The van der Waals surface area contributed by atoms with Crippen LogP contribution in [0, 0.1) is 11.8 Å². The Labute approximate surface area is 136 Å². The number of carbonyl (C=O) groups is 1. The number of piperazine rings is 1. The molecule has 0 spiro atoms. The highest BCUT2D eigenvalue weighted by Crippen LogP contribution is 2.16. The van der Waals surface area contributed by atoms with E-state index in [1.165, 1.54) is 65.2 Å². The van der Waals surface area contributed by atoms with Crippen LogP contribution in [0.25, 0.3) is 0 Å². The van der Waals surface area contributed by atoms with Gasteiger partial charge < -0.3 is 15.1 Å². The lowest BCUT2D eigenvalue weighted by Crippen LogP contribution is -2.48. The SMILES string of the molecule is CC(C)C(=O)NCC1CCN(CCN2CCN(C)CC2)CC1. The van der Waals surface area contributed by atoms with E-state index in [4.69, 9.17) is 0 Å². The van der Waals surface area contributed by atoms with Crippen LogP contribution in [0.15, 0.2) is 0 Å². The molecule has 0 aliphatic carbocycles. The fourth-order valence-corrected chi connectivity index (χ4v) is 3.22. The van der Waals surface area contributed by atoms with E-state index in [1.54, 1.807) is 0 Å². The molecule has 2 aliphatic rings. The molecule has 2 fully saturated rings. The lowest BCUT2D eigenvalue weighted by Gasteiger charge is -2.36. The number of hydrogen-bond acceptors (Lipinski definition) is 4. The third-order valence-electron chi connectivity index (χ3n) is 5.12. The Balaban J connectivity index is 1.56. The molecule has 22 heavy (non-hydrogen) atoms. The molecule has 128 valence electrons. The number of rotatable bonds is 6. The van der Waals surface area contributed by atoms with Gasteiger partial charge in [0.1, 0.15) is 0 Å². The molecule has 0 aromatic carbocycles. The summed E-state index contributed by atoms with van der Waals surface area (Å²) >= 11 is 0. The second-order valence-electron chi connectivity index (χ2n) is 7.33. The van der Waals surface area contributed by atoms with Crippen LogP contribution in [0.5, 0.6) is 0 Å². The maximum atomic E-state index is 11.6. The van der Waals surface area contributed by atoms with Crippen molar-refractivity contribution < 1.29 is 4.79 Å². The van der Waals surface area contributed by atoms with Crippen molar-refractivity contribution in [1.29, 1.82) is 0 Å². The number of hydrogen-bond donors (Lipinski definition) is 1. The zero-order chi connectivity index (χ0) is 15.9. The largest absolute Gasteiger partial charge is 0.356 e. The summed E-state index contributed by atoms with van der Waals surface area (Å²) in [5, 5.41) is 3.08. The Morgan fingerprint density at radius 2 is 1.55 bits per heavy atom. The molecule has 0 radical (unpaired) electrons. The molecule has 2 saturated heterocycles. The van der Waals surface area contributed by atoms with Gasteiger partial charge in [0.05, 0.1) is 0 Å². The van der Waals surface area contributed by atoms with Gasteiger partial charge in [-0.3, -0.25) is 9.69 Å². The molecule has 2 heterocycles. The predicted molar refractivity (Wildman–Crippen MR) is 90.9 cm³/mol. The summed E-state index contributed by atoms with van der Waals surface area (Å²) in [6.45, 7) is 14.4. The molecule has 0 aromatic rings. The number of nitrogens with zero attached hydrogens (tertiary/aromatic N) is 3. The van der Waals surface area contributed by atoms with Crippen LogP contribution >= 0.6 is 0 Å². The van der Waals surface area contributed by atoms with Crippen LogP contribution in [-0.4, -0.2) is 86.6 Å². The lowest BCUT2D eigenvalue weighted by atomic mass is 9.96. The van der Waals surface area contributed by atoms with Crippen molar-refractivity contribution in [3.05, 3.63) is 0 Å². The summed E-state index contributed by atoms with van der Waals surface area (Å²) in [4.78, 5) is 19.2. The van der Waals surface area contributed by atoms with Gasteiger partial charge in [-0.15, -0.1) is 0 Å². The Kier molecular flexibility index (Phi) is 7.12. The van der Waals surface area contributed by atoms with Gasteiger partial charge in [0, 0.05) is 51.7 Å². The average Bonchev–Trinajstić information content (AvgIpc) is 2.53. The van der Waals surface area contributed by atoms with Crippen LogP contribution in [-0.2, 0) is 4.79 Å². The number of amides is 1. The number of likely N-dealkylation sites (tertiary alicyclic amines) is 1. The number of likely N-dealkylation sites (N-methyl/N-ethyl adjacent to an activating group) is 1. The van der Waals surface area contributed by atoms with E-state index in [9.17, 15) is 4.79 Å². The Morgan fingerprint density at radius 3 is 2.09 bits per heavy atom. The van der Waals surface area contributed by atoms with Crippen molar-refractivity contribution in [1.82, 2.24) is 20.0 Å². The molecular formula is C17H34N4O. The zero-order valence-corrected chi connectivity index (χ0v) is 14.7. The maximum Gasteiger partial charge on any atom is 0.222 e. The van der Waals surface area contributed by atoms with E-state index in [-0.39, 0.29) is 11.8 Å². The minimum atomic E-state index is 0.101. The molecule has 0 aromatic heterocycles. The van der Waals surface area contributed by atoms with Crippen molar-refractivity contribution in [2.75, 3.05) is 66.0 Å². The second kappa shape index (κ2) is 8.85. The van der Waals surface area contributed by atoms with Crippen LogP contribution in [0.1, 0.15) is 26.7 Å². The molecule has 1 amide bonds. The van der Waals surface area contributed by atoms with Gasteiger partial charge in [-0.1, -0.05) is 13.8 Å². The Morgan fingerprint density at radius 1 is 1.00 bits per heavy atom. The number of piperidine rings is 1. The average molecular weight is 310 g/mol. The van der Waals surface area contributed by atoms with Gasteiger partial charge >= 0.3 is 0 Å². The van der Waals surface area contributed by atoms with Crippen molar-refractivity contribution >= 4 is 5.91 Å². The highest BCUT2D eigenvalue weighted by Gasteiger charge is 2.21.